The Hall–Kier alpha value is -2.46. The van der Waals surface area contributed by atoms with Gasteiger partial charge in [-0.3, -0.25) is 14.9 Å². The fourth-order valence-corrected chi connectivity index (χ4v) is 3.57. The molecule has 1 aromatic carbocycles. The second-order valence-electron chi connectivity index (χ2n) is 6.74. The number of carbonyl (C=O) groups is 3. The summed E-state index contributed by atoms with van der Waals surface area (Å²) in [7, 11) is -2.65. The van der Waals surface area contributed by atoms with E-state index in [0.717, 1.165) is 11.1 Å². The minimum atomic E-state index is -3.98. The molecule has 3 amide bonds. The van der Waals surface area contributed by atoms with E-state index in [1.165, 1.54) is 26.1 Å². The van der Waals surface area contributed by atoms with Gasteiger partial charge in [-0.2, -0.15) is 4.72 Å². The van der Waals surface area contributed by atoms with Crippen molar-refractivity contribution < 1.29 is 27.5 Å². The summed E-state index contributed by atoms with van der Waals surface area (Å²) in [5.74, 6) is -2.18. The van der Waals surface area contributed by atoms with E-state index in [4.69, 9.17) is 4.74 Å². The van der Waals surface area contributed by atoms with Crippen molar-refractivity contribution >= 4 is 27.9 Å². The van der Waals surface area contributed by atoms with Gasteiger partial charge in [0, 0.05) is 7.05 Å². The Morgan fingerprint density at radius 1 is 1.04 bits per heavy atom. The monoisotopic (exact) mass is 413 g/mol. The number of sulfonamides is 1. The number of urea groups is 1. The van der Waals surface area contributed by atoms with Crippen LogP contribution in [0.15, 0.2) is 23.1 Å². The first-order valence-corrected chi connectivity index (χ1v) is 10.2. The fraction of sp³-hybridized carbons (Fsp3) is 0.500. The quantitative estimate of drug-likeness (QED) is 0.572. The summed E-state index contributed by atoms with van der Waals surface area (Å²) >= 11 is 0. The van der Waals surface area contributed by atoms with E-state index in [1.807, 2.05) is 12.2 Å². The molecule has 156 valence electrons. The summed E-state index contributed by atoms with van der Waals surface area (Å²) in [4.78, 5) is 35.5. The van der Waals surface area contributed by atoms with Crippen LogP contribution < -0.4 is 15.4 Å². The molecule has 0 unspecified atom stereocenters. The van der Waals surface area contributed by atoms with Crippen LogP contribution in [0.5, 0.6) is 0 Å². The van der Waals surface area contributed by atoms with Gasteiger partial charge in [-0.1, -0.05) is 19.9 Å². The van der Waals surface area contributed by atoms with Crippen molar-refractivity contribution in [1.82, 2.24) is 15.4 Å². The lowest BCUT2D eigenvalue weighted by Crippen LogP contribution is -2.49. The predicted molar refractivity (Wildman–Crippen MR) is 103 cm³/mol. The van der Waals surface area contributed by atoms with Crippen molar-refractivity contribution in [3.63, 3.8) is 0 Å². The van der Waals surface area contributed by atoms with Crippen LogP contribution in [-0.4, -0.2) is 45.5 Å². The summed E-state index contributed by atoms with van der Waals surface area (Å²) < 4.78 is 32.7. The first kappa shape index (κ1) is 23.6. The molecule has 2 atom stereocenters. The molecule has 9 nitrogen and oxygen atoms in total. The van der Waals surface area contributed by atoms with Crippen molar-refractivity contribution in [2.75, 3.05) is 7.05 Å². The van der Waals surface area contributed by atoms with Crippen molar-refractivity contribution in [3.05, 3.63) is 29.3 Å². The first-order chi connectivity index (χ1) is 12.9. The molecule has 0 aromatic heterocycles. The number of esters is 1. The highest BCUT2D eigenvalue weighted by Crippen LogP contribution is 2.17. The van der Waals surface area contributed by atoms with Gasteiger partial charge in [0.05, 0.1) is 4.90 Å². The number of aryl methyl sites for hydroxylation is 2. The average Bonchev–Trinajstić information content (AvgIpc) is 2.61. The van der Waals surface area contributed by atoms with Gasteiger partial charge in [0.2, 0.25) is 10.0 Å². The molecule has 0 spiro atoms. The molecule has 0 heterocycles. The van der Waals surface area contributed by atoms with E-state index in [2.05, 4.69) is 10.0 Å². The molecule has 0 fully saturated rings. The van der Waals surface area contributed by atoms with Crippen molar-refractivity contribution in [2.45, 2.75) is 51.7 Å². The van der Waals surface area contributed by atoms with Gasteiger partial charge in [-0.25, -0.2) is 13.2 Å². The normalized spacial score (nSPS) is 13.5. The minimum absolute atomic E-state index is 0.0273. The van der Waals surface area contributed by atoms with Gasteiger partial charge in [-0.05, 0) is 49.9 Å². The number of ether oxygens (including phenoxy) is 1. The number of imide groups is 1. The molecule has 3 N–H and O–H groups in total. The van der Waals surface area contributed by atoms with Crippen LogP contribution in [0.25, 0.3) is 0 Å². The van der Waals surface area contributed by atoms with Crippen LogP contribution >= 0.6 is 0 Å². The zero-order chi connectivity index (χ0) is 21.6. The van der Waals surface area contributed by atoms with E-state index in [1.54, 1.807) is 26.8 Å². The molecular weight excluding hydrogens is 386 g/mol. The lowest BCUT2D eigenvalue weighted by molar-refractivity contribution is -0.157. The molecule has 0 aliphatic carbocycles. The van der Waals surface area contributed by atoms with Crippen LogP contribution in [0.2, 0.25) is 0 Å². The van der Waals surface area contributed by atoms with Gasteiger partial charge in [0.25, 0.3) is 5.91 Å². The Kier molecular flexibility index (Phi) is 8.13. The molecule has 0 saturated carbocycles. The molecule has 0 aliphatic rings. The number of hydrogen-bond acceptors (Lipinski definition) is 6. The molecule has 0 saturated heterocycles. The maximum atomic E-state index is 12.7. The molecule has 1 aromatic rings. The summed E-state index contributed by atoms with van der Waals surface area (Å²) in [6.45, 7) is 8.22. The van der Waals surface area contributed by atoms with E-state index in [0.29, 0.717) is 0 Å². The largest absolute Gasteiger partial charge is 0.451 e. The van der Waals surface area contributed by atoms with Crippen molar-refractivity contribution in [2.24, 2.45) is 5.92 Å². The van der Waals surface area contributed by atoms with E-state index >= 15 is 0 Å². The molecule has 28 heavy (non-hydrogen) atoms. The van der Waals surface area contributed by atoms with E-state index < -0.39 is 46.0 Å². The molecule has 10 heteroatoms. The highest BCUT2D eigenvalue weighted by Gasteiger charge is 2.32. The SMILES string of the molecule is CNC(=O)NC(=O)[C@H](C)OC(=O)[C@H](NS(=O)(=O)c1ccc(C)c(C)c1)C(C)C. The summed E-state index contributed by atoms with van der Waals surface area (Å²) in [5, 5.41) is 4.18. The third-order valence-electron chi connectivity index (χ3n) is 4.12. The smallest absolute Gasteiger partial charge is 0.325 e. The van der Waals surface area contributed by atoms with Crippen molar-refractivity contribution in [3.8, 4) is 0 Å². The number of carbonyl (C=O) groups excluding carboxylic acids is 3. The topological polar surface area (TPSA) is 131 Å². The standard InChI is InChI=1S/C18H27N3O6S/c1-10(2)15(17(23)27-13(5)16(22)20-18(24)19-6)21-28(25,26)14-8-7-11(3)12(4)9-14/h7-10,13,15,21H,1-6H3,(H2,19,20,22,24)/t13-,15+/m0/s1. The van der Waals surface area contributed by atoms with Crippen LogP contribution in [-0.2, 0) is 24.3 Å². The maximum Gasteiger partial charge on any atom is 0.325 e. The van der Waals surface area contributed by atoms with Crippen LogP contribution in [0.1, 0.15) is 31.9 Å². The highest BCUT2D eigenvalue weighted by molar-refractivity contribution is 7.89. The lowest BCUT2D eigenvalue weighted by Gasteiger charge is -2.23. The van der Waals surface area contributed by atoms with Crippen molar-refractivity contribution in [1.29, 1.82) is 0 Å². The van der Waals surface area contributed by atoms with Gasteiger partial charge in [-0.15, -0.1) is 0 Å². The Balaban J connectivity index is 2.94. The third-order valence-corrected chi connectivity index (χ3v) is 5.56. The van der Waals surface area contributed by atoms with E-state index in [-0.39, 0.29) is 4.90 Å². The molecule has 0 aliphatic heterocycles. The van der Waals surface area contributed by atoms with E-state index in [9.17, 15) is 22.8 Å². The molecule has 0 bridgehead atoms. The number of benzene rings is 1. The maximum absolute atomic E-state index is 12.7. The number of rotatable bonds is 7. The Bertz CT molecular complexity index is 851. The molecule has 1 rings (SSSR count). The van der Waals surface area contributed by atoms with Gasteiger partial charge in [0.15, 0.2) is 6.10 Å². The Morgan fingerprint density at radius 2 is 1.64 bits per heavy atom. The third kappa shape index (κ3) is 6.31. The number of hydrogen-bond donors (Lipinski definition) is 3. The predicted octanol–water partition coefficient (Wildman–Crippen LogP) is 0.994. The Labute approximate surface area is 165 Å². The lowest BCUT2D eigenvalue weighted by atomic mass is 10.1. The highest BCUT2D eigenvalue weighted by atomic mass is 32.2. The van der Waals surface area contributed by atoms with Gasteiger partial charge < -0.3 is 10.1 Å². The number of amides is 3. The average molecular weight is 413 g/mol. The zero-order valence-corrected chi connectivity index (χ0v) is 17.6. The van der Waals surface area contributed by atoms with Gasteiger partial charge in [0.1, 0.15) is 6.04 Å². The summed E-state index contributed by atoms with van der Waals surface area (Å²) in [6.07, 6.45) is -1.28. The zero-order valence-electron chi connectivity index (χ0n) is 16.8. The van der Waals surface area contributed by atoms with Crippen LogP contribution in [0.3, 0.4) is 0 Å². The second kappa shape index (κ2) is 9.65. The molecular formula is C18H27N3O6S. The first-order valence-electron chi connectivity index (χ1n) is 8.71. The van der Waals surface area contributed by atoms with Crippen LogP contribution in [0.4, 0.5) is 4.79 Å². The second-order valence-corrected chi connectivity index (χ2v) is 8.45. The minimum Gasteiger partial charge on any atom is -0.451 e. The summed E-state index contributed by atoms with van der Waals surface area (Å²) in [5.41, 5.74) is 1.74. The van der Waals surface area contributed by atoms with Gasteiger partial charge >= 0.3 is 12.0 Å². The van der Waals surface area contributed by atoms with Crippen LogP contribution in [0, 0.1) is 19.8 Å². The Morgan fingerprint density at radius 3 is 2.14 bits per heavy atom. The number of nitrogens with one attached hydrogen (secondary N) is 3. The fourth-order valence-electron chi connectivity index (χ4n) is 2.15. The summed E-state index contributed by atoms with van der Waals surface area (Å²) in [6, 6.07) is 2.69. The molecule has 0 radical (unpaired) electrons.